The molecule has 1 saturated carbocycles. The number of rotatable bonds is 18. The molecule has 13 heteroatoms. The lowest BCUT2D eigenvalue weighted by atomic mass is 9.96. The molecule has 2 aromatic carbocycles. The summed E-state index contributed by atoms with van der Waals surface area (Å²) in [7, 11) is 0. The minimum absolute atomic E-state index is 0.0559. The van der Waals surface area contributed by atoms with Gasteiger partial charge in [-0.25, -0.2) is 4.79 Å². The minimum atomic E-state index is -1.75. The number of benzene rings is 2. The van der Waals surface area contributed by atoms with Crippen LogP contribution >= 0.6 is 11.6 Å². The van der Waals surface area contributed by atoms with E-state index in [2.05, 4.69) is 27.8 Å². The number of hydrogen-bond donors (Lipinski definition) is 7. The zero-order valence-electron chi connectivity index (χ0n) is 27.6. The predicted molar refractivity (Wildman–Crippen MR) is 182 cm³/mol. The molecule has 1 aliphatic heterocycles. The Morgan fingerprint density at radius 1 is 1.02 bits per heavy atom. The fraction of sp³-hybridized carbons (Fsp3) is 0.500. The molecule has 3 aromatic rings. The molecule has 1 aromatic heterocycles. The highest BCUT2D eigenvalue weighted by Gasteiger charge is 2.48. The maximum Gasteiger partial charge on any atom is 0.314 e. The second-order valence-corrected chi connectivity index (χ2v) is 13.1. The van der Waals surface area contributed by atoms with E-state index in [0.29, 0.717) is 37.8 Å². The Morgan fingerprint density at radius 2 is 1.78 bits per heavy atom. The molecular formula is C36H46ClN3O9. The lowest BCUT2D eigenvalue weighted by Crippen LogP contribution is -2.50. The van der Waals surface area contributed by atoms with E-state index in [0.717, 1.165) is 64.8 Å². The number of urea groups is 1. The quantitative estimate of drug-likeness (QED) is 0.0975. The zero-order chi connectivity index (χ0) is 35.0. The van der Waals surface area contributed by atoms with Crippen LogP contribution in [0.1, 0.15) is 47.9 Å². The Labute approximate surface area is 291 Å². The molecule has 2 heterocycles. The summed E-state index contributed by atoms with van der Waals surface area (Å²) < 4.78 is 18.1. The number of aryl methyl sites for hydroxylation is 2. The summed E-state index contributed by atoms with van der Waals surface area (Å²) in [6.45, 7) is 2.86. The Balaban J connectivity index is 1.10. The fourth-order valence-electron chi connectivity index (χ4n) is 5.82. The van der Waals surface area contributed by atoms with Gasteiger partial charge in [-0.1, -0.05) is 35.9 Å². The summed E-state index contributed by atoms with van der Waals surface area (Å²) in [5.74, 6) is 0.818. The number of aliphatic hydroxyl groups is 5. The summed E-state index contributed by atoms with van der Waals surface area (Å²) in [5, 5.41) is 53.5. The van der Waals surface area contributed by atoms with Crippen molar-refractivity contribution in [1.82, 2.24) is 15.6 Å². The van der Waals surface area contributed by atoms with Gasteiger partial charge in [-0.2, -0.15) is 0 Å². The van der Waals surface area contributed by atoms with Gasteiger partial charge in [-0.3, -0.25) is 4.98 Å². The third kappa shape index (κ3) is 9.47. The van der Waals surface area contributed by atoms with E-state index in [-0.39, 0.29) is 12.6 Å². The monoisotopic (exact) mass is 699 g/mol. The van der Waals surface area contributed by atoms with E-state index < -0.39 is 42.7 Å². The van der Waals surface area contributed by atoms with E-state index in [9.17, 15) is 25.2 Å². The highest BCUT2D eigenvalue weighted by atomic mass is 35.5. The van der Waals surface area contributed by atoms with Gasteiger partial charge in [0, 0.05) is 41.6 Å². The molecule has 2 fully saturated rings. The van der Waals surface area contributed by atoms with Crippen molar-refractivity contribution >= 4 is 17.6 Å². The Hall–Kier alpha value is -3.33. The maximum absolute atomic E-state index is 12.1. The number of carbonyl (C=O) groups is 1. The first-order valence-corrected chi connectivity index (χ1v) is 17.0. The second kappa shape index (κ2) is 17.1. The maximum atomic E-state index is 12.1. The molecule has 266 valence electrons. The number of nitrogens with zero attached hydrogens (tertiary/aromatic N) is 1. The molecule has 49 heavy (non-hydrogen) atoms. The number of pyridine rings is 1. The van der Waals surface area contributed by atoms with Crippen LogP contribution in [0.3, 0.4) is 0 Å². The molecular weight excluding hydrogens is 654 g/mol. The zero-order valence-corrected chi connectivity index (χ0v) is 28.3. The van der Waals surface area contributed by atoms with Crippen LogP contribution in [0.4, 0.5) is 4.79 Å². The van der Waals surface area contributed by atoms with Gasteiger partial charge in [-0.15, -0.1) is 0 Å². The number of para-hydroxylation sites is 1. The number of carbonyl (C=O) groups excluding carboxylic acids is 1. The van der Waals surface area contributed by atoms with Crippen LogP contribution < -0.4 is 15.4 Å². The lowest BCUT2D eigenvalue weighted by Gasteiger charge is -2.28. The first kappa shape index (κ1) is 36.9. The third-order valence-corrected chi connectivity index (χ3v) is 9.41. The van der Waals surface area contributed by atoms with Crippen molar-refractivity contribution < 1.29 is 44.5 Å². The number of aromatic nitrogens is 1. The van der Waals surface area contributed by atoms with Crippen LogP contribution in [0.15, 0.2) is 54.9 Å². The van der Waals surface area contributed by atoms with Crippen LogP contribution in [0.5, 0.6) is 5.75 Å². The number of halogens is 1. The first-order valence-electron chi connectivity index (χ1n) is 16.7. The predicted octanol–water partition coefficient (Wildman–Crippen LogP) is 2.75. The normalized spacial score (nSPS) is 17.8. The number of aliphatic hydroxyl groups excluding tert-OH is 5. The van der Waals surface area contributed by atoms with E-state index in [4.69, 9.17) is 30.9 Å². The van der Waals surface area contributed by atoms with Crippen molar-refractivity contribution in [1.29, 1.82) is 0 Å². The van der Waals surface area contributed by atoms with Gasteiger partial charge >= 0.3 is 6.03 Å². The van der Waals surface area contributed by atoms with Crippen molar-refractivity contribution in [2.45, 2.75) is 81.8 Å². The molecule has 4 atom stereocenters. The molecule has 4 unspecified atom stereocenters. The van der Waals surface area contributed by atoms with Crippen molar-refractivity contribution in [3.63, 3.8) is 0 Å². The van der Waals surface area contributed by atoms with Gasteiger partial charge in [0.15, 0.2) is 0 Å². The summed E-state index contributed by atoms with van der Waals surface area (Å²) in [4.78, 5) is 16.5. The summed E-state index contributed by atoms with van der Waals surface area (Å²) in [5.41, 5.74) is 5.76. The van der Waals surface area contributed by atoms with E-state index in [1.807, 2.05) is 43.5 Å². The number of hydrogen-bond acceptors (Lipinski definition) is 10. The topological polar surface area (TPSA) is 183 Å². The van der Waals surface area contributed by atoms with Crippen LogP contribution in [-0.4, -0.2) is 100.0 Å². The Morgan fingerprint density at radius 3 is 2.49 bits per heavy atom. The third-order valence-electron chi connectivity index (χ3n) is 9.06. The molecule has 0 spiro atoms. The SMILES string of the molecule is Cc1cc(COC2(c3cnccc3-c3ccccc3OC3COC3)CC2)c(Cl)cc1CCCCNC(=O)NCC(O)C(O)C(O)C(O)CO. The molecule has 12 nitrogen and oxygen atoms in total. The van der Waals surface area contributed by atoms with Gasteiger partial charge in [0.25, 0.3) is 0 Å². The van der Waals surface area contributed by atoms with Gasteiger partial charge in [0.2, 0.25) is 0 Å². The highest BCUT2D eigenvalue weighted by molar-refractivity contribution is 6.31. The van der Waals surface area contributed by atoms with Crippen LogP contribution in [0.25, 0.3) is 11.1 Å². The van der Waals surface area contributed by atoms with Gasteiger partial charge in [-0.05, 0) is 79.5 Å². The van der Waals surface area contributed by atoms with Crippen molar-refractivity contribution in [3.8, 4) is 16.9 Å². The first-order chi connectivity index (χ1) is 23.6. The lowest BCUT2D eigenvalue weighted by molar-refractivity contribution is -0.113. The van der Waals surface area contributed by atoms with Crippen LogP contribution in [0.2, 0.25) is 5.02 Å². The highest BCUT2D eigenvalue weighted by Crippen LogP contribution is 2.53. The van der Waals surface area contributed by atoms with Gasteiger partial charge in [0.1, 0.15) is 30.2 Å². The van der Waals surface area contributed by atoms with Crippen molar-refractivity contribution in [2.75, 3.05) is 32.9 Å². The number of unbranched alkanes of at least 4 members (excludes halogenated alkanes) is 1. The standard InChI is InChI=1S/C36H46ClN3O9/c1-22-14-24(29(37)15-23(22)6-4-5-12-39-35(46)40-17-30(42)33(44)34(45)31(43)18-41)19-48-36(10-11-36)28-16-38-13-9-26(28)27-7-2-3-8-32(27)49-25-20-47-21-25/h2-3,7-9,13-16,25,30-31,33-34,41-45H,4-6,10-12,17-21H2,1H3,(H2,39,40,46). The molecule has 2 amide bonds. The molecule has 0 radical (unpaired) electrons. The molecule has 5 rings (SSSR count). The molecule has 1 aliphatic carbocycles. The van der Waals surface area contributed by atoms with Gasteiger partial charge < -0.3 is 50.4 Å². The van der Waals surface area contributed by atoms with Crippen molar-refractivity contribution in [2.24, 2.45) is 0 Å². The summed E-state index contributed by atoms with van der Waals surface area (Å²) >= 11 is 6.76. The Kier molecular flexibility index (Phi) is 12.9. The number of amides is 2. The smallest absolute Gasteiger partial charge is 0.314 e. The second-order valence-electron chi connectivity index (χ2n) is 12.7. The van der Waals surface area contributed by atoms with Crippen LogP contribution in [-0.2, 0) is 28.1 Å². The number of nitrogens with one attached hydrogen (secondary N) is 2. The largest absolute Gasteiger partial charge is 0.485 e. The molecule has 0 bridgehead atoms. The Bertz CT molecular complexity index is 1550. The summed E-state index contributed by atoms with van der Waals surface area (Å²) in [6.07, 6.45) is 1.15. The van der Waals surface area contributed by atoms with Crippen molar-refractivity contribution in [3.05, 3.63) is 82.1 Å². The minimum Gasteiger partial charge on any atom is -0.485 e. The van der Waals surface area contributed by atoms with E-state index >= 15 is 0 Å². The average Bonchev–Trinajstić information content (AvgIpc) is 3.89. The number of ether oxygens (including phenoxy) is 3. The molecule has 7 N–H and O–H groups in total. The van der Waals surface area contributed by atoms with E-state index in [1.54, 1.807) is 6.20 Å². The average molecular weight is 700 g/mol. The molecule has 1 saturated heterocycles. The van der Waals surface area contributed by atoms with Crippen LogP contribution in [0, 0.1) is 6.92 Å². The van der Waals surface area contributed by atoms with Gasteiger partial charge in [0.05, 0.1) is 38.1 Å². The summed E-state index contributed by atoms with van der Waals surface area (Å²) in [6, 6.07) is 13.6. The fourth-order valence-corrected chi connectivity index (χ4v) is 6.06. The molecule has 2 aliphatic rings. The van der Waals surface area contributed by atoms with E-state index in [1.165, 1.54) is 0 Å².